The van der Waals surface area contributed by atoms with Gasteiger partial charge in [0.05, 0.1) is 5.69 Å². The van der Waals surface area contributed by atoms with Crippen LogP contribution in [-0.4, -0.2) is 46.3 Å². The van der Waals surface area contributed by atoms with Gasteiger partial charge in [-0.05, 0) is 13.8 Å². The quantitative estimate of drug-likeness (QED) is 0.744. The van der Waals surface area contributed by atoms with E-state index in [0.717, 1.165) is 31.0 Å². The molecular weight excluding hydrogens is 230 g/mol. The fraction of sp³-hybridized carbons (Fsp3) is 0.667. The Morgan fingerprint density at radius 1 is 1.56 bits per heavy atom. The zero-order valence-electron chi connectivity index (χ0n) is 11.2. The van der Waals surface area contributed by atoms with Gasteiger partial charge in [0.15, 0.2) is 0 Å². The highest BCUT2D eigenvalue weighted by molar-refractivity contribution is 5.80. The van der Waals surface area contributed by atoms with Crippen molar-refractivity contribution in [1.82, 2.24) is 20.0 Å². The van der Waals surface area contributed by atoms with Crippen LogP contribution in [0.2, 0.25) is 0 Å². The molecule has 0 saturated carbocycles. The molecule has 1 aromatic rings. The Morgan fingerprint density at radius 3 is 2.83 bits per heavy atom. The minimum Gasteiger partial charge on any atom is -0.368 e. The van der Waals surface area contributed by atoms with Crippen molar-refractivity contribution in [2.75, 3.05) is 19.6 Å². The van der Waals surface area contributed by atoms with E-state index >= 15 is 0 Å². The molecular formula is C12H21N5O. The molecule has 1 amide bonds. The maximum atomic E-state index is 11.4. The van der Waals surface area contributed by atoms with Crippen LogP contribution in [0.3, 0.4) is 0 Å². The molecule has 2 rings (SSSR count). The summed E-state index contributed by atoms with van der Waals surface area (Å²) in [5.41, 5.74) is 8.82. The summed E-state index contributed by atoms with van der Waals surface area (Å²) in [6.45, 7) is 7.15. The summed E-state index contributed by atoms with van der Waals surface area (Å²) < 4.78 is 1.88. The van der Waals surface area contributed by atoms with E-state index in [0.29, 0.717) is 6.54 Å². The first kappa shape index (κ1) is 13.0. The van der Waals surface area contributed by atoms with E-state index in [-0.39, 0.29) is 11.9 Å². The lowest BCUT2D eigenvalue weighted by atomic mass is 10.1. The molecule has 6 nitrogen and oxygen atoms in total. The van der Waals surface area contributed by atoms with E-state index in [1.807, 2.05) is 18.7 Å². The number of carbonyl (C=O) groups excluding carboxylic acids is 1. The van der Waals surface area contributed by atoms with E-state index in [2.05, 4.69) is 22.2 Å². The van der Waals surface area contributed by atoms with Crippen molar-refractivity contribution in [2.24, 2.45) is 12.8 Å². The largest absolute Gasteiger partial charge is 0.368 e. The van der Waals surface area contributed by atoms with Crippen molar-refractivity contribution in [1.29, 1.82) is 0 Å². The van der Waals surface area contributed by atoms with Crippen molar-refractivity contribution in [2.45, 2.75) is 26.4 Å². The molecule has 1 aliphatic rings. The van der Waals surface area contributed by atoms with Crippen molar-refractivity contribution in [3.63, 3.8) is 0 Å². The van der Waals surface area contributed by atoms with Gasteiger partial charge in [0.1, 0.15) is 6.04 Å². The summed E-state index contributed by atoms with van der Waals surface area (Å²) in [7, 11) is 1.94. The summed E-state index contributed by atoms with van der Waals surface area (Å²) in [5, 5.41) is 7.61. The first-order chi connectivity index (χ1) is 8.50. The molecule has 0 aliphatic carbocycles. The zero-order valence-corrected chi connectivity index (χ0v) is 11.2. The number of amides is 1. The number of primary amides is 1. The van der Waals surface area contributed by atoms with Crippen LogP contribution in [0.5, 0.6) is 0 Å². The van der Waals surface area contributed by atoms with Crippen LogP contribution >= 0.6 is 0 Å². The topological polar surface area (TPSA) is 76.2 Å². The maximum absolute atomic E-state index is 11.4. The predicted molar refractivity (Wildman–Crippen MR) is 68.9 cm³/mol. The van der Waals surface area contributed by atoms with Crippen LogP contribution < -0.4 is 11.1 Å². The van der Waals surface area contributed by atoms with Gasteiger partial charge in [-0.3, -0.25) is 14.4 Å². The first-order valence-corrected chi connectivity index (χ1v) is 6.24. The lowest BCUT2D eigenvalue weighted by Crippen LogP contribution is -2.56. The number of rotatable bonds is 3. The molecule has 6 heteroatoms. The normalized spacial score (nSPS) is 21.2. The van der Waals surface area contributed by atoms with Crippen LogP contribution in [-0.2, 0) is 18.4 Å². The Morgan fingerprint density at radius 2 is 2.28 bits per heavy atom. The molecule has 2 heterocycles. The fourth-order valence-corrected chi connectivity index (χ4v) is 2.47. The Kier molecular flexibility index (Phi) is 3.68. The van der Waals surface area contributed by atoms with Gasteiger partial charge in [0.2, 0.25) is 5.91 Å². The molecule has 1 saturated heterocycles. The average Bonchev–Trinajstić information content (AvgIpc) is 2.56. The Balaban J connectivity index is 2.18. The molecule has 0 bridgehead atoms. The molecule has 1 aromatic heterocycles. The lowest BCUT2D eigenvalue weighted by Gasteiger charge is -2.34. The summed E-state index contributed by atoms with van der Waals surface area (Å²) >= 11 is 0. The molecule has 1 aliphatic heterocycles. The lowest BCUT2D eigenvalue weighted by molar-refractivity contribution is -0.124. The number of piperazine rings is 1. The predicted octanol–water partition coefficient (Wildman–Crippen LogP) is -0.704. The first-order valence-electron chi connectivity index (χ1n) is 6.24. The third-order valence-electron chi connectivity index (χ3n) is 3.70. The van der Waals surface area contributed by atoms with E-state index in [4.69, 9.17) is 5.73 Å². The zero-order chi connectivity index (χ0) is 13.3. The third kappa shape index (κ3) is 2.39. The minimum atomic E-state index is -0.263. The van der Waals surface area contributed by atoms with Gasteiger partial charge in [-0.15, -0.1) is 0 Å². The van der Waals surface area contributed by atoms with Crippen molar-refractivity contribution in [3.8, 4) is 0 Å². The standard InChI is InChI=1S/C12H21N5O/c1-8-10(9(2)16(3)15-8)7-17-5-4-14-6-11(17)12(13)18/h11,14H,4-7H2,1-3H3,(H2,13,18). The van der Waals surface area contributed by atoms with E-state index in [1.54, 1.807) is 0 Å². The number of nitrogens with zero attached hydrogens (tertiary/aromatic N) is 3. The second kappa shape index (κ2) is 5.07. The molecule has 3 N–H and O–H groups in total. The molecule has 18 heavy (non-hydrogen) atoms. The van der Waals surface area contributed by atoms with Crippen LogP contribution in [0.1, 0.15) is 17.0 Å². The van der Waals surface area contributed by atoms with Gasteiger partial charge in [-0.2, -0.15) is 5.10 Å². The average molecular weight is 251 g/mol. The third-order valence-corrected chi connectivity index (χ3v) is 3.70. The van der Waals surface area contributed by atoms with Gasteiger partial charge in [0.25, 0.3) is 0 Å². The number of nitrogens with one attached hydrogen (secondary N) is 1. The van der Waals surface area contributed by atoms with E-state index in [9.17, 15) is 4.79 Å². The fourth-order valence-electron chi connectivity index (χ4n) is 2.47. The Labute approximate surface area is 107 Å². The highest BCUT2D eigenvalue weighted by Crippen LogP contribution is 2.17. The summed E-state index contributed by atoms with van der Waals surface area (Å²) in [6.07, 6.45) is 0. The second-order valence-corrected chi connectivity index (χ2v) is 4.87. The second-order valence-electron chi connectivity index (χ2n) is 4.87. The highest BCUT2D eigenvalue weighted by atomic mass is 16.1. The number of hydrogen-bond acceptors (Lipinski definition) is 4. The van der Waals surface area contributed by atoms with E-state index < -0.39 is 0 Å². The van der Waals surface area contributed by atoms with Crippen LogP contribution in [0.15, 0.2) is 0 Å². The van der Waals surface area contributed by atoms with Gasteiger partial charge >= 0.3 is 0 Å². The van der Waals surface area contributed by atoms with Gasteiger partial charge in [-0.1, -0.05) is 0 Å². The van der Waals surface area contributed by atoms with Gasteiger partial charge in [0, 0.05) is 44.5 Å². The number of nitrogens with two attached hydrogens (primary N) is 1. The monoisotopic (exact) mass is 251 g/mol. The van der Waals surface area contributed by atoms with Crippen LogP contribution in [0.4, 0.5) is 0 Å². The molecule has 0 radical (unpaired) electrons. The van der Waals surface area contributed by atoms with Gasteiger partial charge in [-0.25, -0.2) is 0 Å². The number of hydrogen-bond donors (Lipinski definition) is 2. The summed E-state index contributed by atoms with van der Waals surface area (Å²) in [5.74, 6) is -0.263. The SMILES string of the molecule is Cc1nn(C)c(C)c1CN1CCNCC1C(N)=O. The number of carbonyl (C=O) groups is 1. The smallest absolute Gasteiger partial charge is 0.236 e. The molecule has 100 valence electrons. The maximum Gasteiger partial charge on any atom is 0.236 e. The minimum absolute atomic E-state index is 0.224. The van der Waals surface area contributed by atoms with Crippen molar-refractivity contribution < 1.29 is 4.79 Å². The van der Waals surface area contributed by atoms with E-state index in [1.165, 1.54) is 5.56 Å². The van der Waals surface area contributed by atoms with Crippen molar-refractivity contribution >= 4 is 5.91 Å². The molecule has 0 aromatic carbocycles. The van der Waals surface area contributed by atoms with Crippen LogP contribution in [0, 0.1) is 13.8 Å². The summed E-state index contributed by atoms with van der Waals surface area (Å²) in [4.78, 5) is 13.6. The van der Waals surface area contributed by atoms with Crippen LogP contribution in [0.25, 0.3) is 0 Å². The molecule has 0 spiro atoms. The molecule has 1 unspecified atom stereocenters. The summed E-state index contributed by atoms with van der Waals surface area (Å²) in [6, 6.07) is -0.224. The van der Waals surface area contributed by atoms with Gasteiger partial charge < -0.3 is 11.1 Å². The highest BCUT2D eigenvalue weighted by Gasteiger charge is 2.28. The Bertz CT molecular complexity index is 454. The van der Waals surface area contributed by atoms with Crippen molar-refractivity contribution in [3.05, 3.63) is 17.0 Å². The molecule has 1 fully saturated rings. The molecule has 1 atom stereocenters. The number of aryl methyl sites for hydroxylation is 2. The Hall–Kier alpha value is -1.40. The number of aromatic nitrogens is 2.